The van der Waals surface area contributed by atoms with Gasteiger partial charge < -0.3 is 10.0 Å². The van der Waals surface area contributed by atoms with Crippen LogP contribution >= 0.6 is 0 Å². The summed E-state index contributed by atoms with van der Waals surface area (Å²) < 4.78 is 1.61. The maximum absolute atomic E-state index is 11.2. The molecule has 0 spiro atoms. The number of benzene rings is 1. The second-order valence-electron chi connectivity index (χ2n) is 5.89. The van der Waals surface area contributed by atoms with Gasteiger partial charge >= 0.3 is 5.97 Å². The lowest BCUT2D eigenvalue weighted by Gasteiger charge is -2.30. The summed E-state index contributed by atoms with van der Waals surface area (Å²) in [4.78, 5) is 21.9. The third-order valence-corrected chi connectivity index (χ3v) is 4.44. The quantitative estimate of drug-likeness (QED) is 0.776. The molecular weight excluding hydrogens is 320 g/mol. The van der Waals surface area contributed by atoms with E-state index in [9.17, 15) is 9.90 Å². The van der Waals surface area contributed by atoms with Crippen molar-refractivity contribution >= 4 is 11.8 Å². The molecule has 25 heavy (non-hydrogen) atoms. The minimum atomic E-state index is -1.07. The molecule has 2 aromatic heterocycles. The van der Waals surface area contributed by atoms with Gasteiger partial charge in [0.1, 0.15) is 5.82 Å². The fraction of sp³-hybridized carbons (Fsp3) is 0.235. The molecule has 1 aromatic carbocycles. The molecule has 1 aliphatic rings. The highest BCUT2D eigenvalue weighted by Gasteiger charge is 2.23. The van der Waals surface area contributed by atoms with Crippen molar-refractivity contribution in [2.24, 2.45) is 0 Å². The summed E-state index contributed by atoms with van der Waals surface area (Å²) in [6.07, 6.45) is 5.92. The van der Waals surface area contributed by atoms with Crippen LogP contribution < -0.4 is 4.90 Å². The first-order valence-corrected chi connectivity index (χ1v) is 7.93. The summed E-state index contributed by atoms with van der Waals surface area (Å²) in [5, 5.41) is 17.0. The summed E-state index contributed by atoms with van der Waals surface area (Å²) >= 11 is 0. The number of hydrogen-bond acceptors (Lipinski definition) is 6. The lowest BCUT2D eigenvalue weighted by molar-refractivity contribution is 0.0689. The fourth-order valence-electron chi connectivity index (χ4n) is 3.19. The summed E-state index contributed by atoms with van der Waals surface area (Å²) in [6.45, 7) is 3.25. The van der Waals surface area contributed by atoms with Crippen LogP contribution in [-0.4, -0.2) is 42.6 Å². The Morgan fingerprint density at radius 2 is 2.16 bits per heavy atom. The van der Waals surface area contributed by atoms with Gasteiger partial charge in [-0.2, -0.15) is 0 Å². The van der Waals surface area contributed by atoms with E-state index in [1.165, 1.54) is 5.56 Å². The van der Waals surface area contributed by atoms with Gasteiger partial charge in [-0.05, 0) is 30.5 Å². The van der Waals surface area contributed by atoms with E-state index in [4.69, 9.17) is 0 Å². The number of anilines is 1. The average Bonchev–Trinajstić information content (AvgIpc) is 3.03. The zero-order valence-electron chi connectivity index (χ0n) is 13.6. The van der Waals surface area contributed by atoms with Crippen LogP contribution in [0.4, 0.5) is 5.82 Å². The summed E-state index contributed by atoms with van der Waals surface area (Å²) in [5.41, 5.74) is 3.72. The van der Waals surface area contributed by atoms with Crippen LogP contribution in [0.15, 0.2) is 36.8 Å². The van der Waals surface area contributed by atoms with E-state index >= 15 is 0 Å². The van der Waals surface area contributed by atoms with Gasteiger partial charge in [-0.25, -0.2) is 14.5 Å². The Labute approximate surface area is 143 Å². The Hall–Kier alpha value is -3.29. The minimum absolute atomic E-state index is 0.0189. The van der Waals surface area contributed by atoms with Crippen molar-refractivity contribution in [3.05, 3.63) is 59.3 Å². The Morgan fingerprint density at radius 1 is 1.28 bits per heavy atom. The lowest BCUT2D eigenvalue weighted by Crippen LogP contribution is -2.31. The second-order valence-corrected chi connectivity index (χ2v) is 5.89. The van der Waals surface area contributed by atoms with E-state index in [0.717, 1.165) is 36.6 Å². The Bertz CT molecular complexity index is 938. The number of hydrogen-bond donors (Lipinski definition) is 1. The molecule has 0 atom stereocenters. The standard InChI is InChI=1S/C17H16N6O2/c1-11-16(17(24)25)20-21-23(11)14-4-2-3-12-10-22(8-5-13(12)14)15-9-18-6-7-19-15/h2-4,6-7,9H,5,8,10H2,1H3,(H,24,25). The summed E-state index contributed by atoms with van der Waals surface area (Å²) in [6, 6.07) is 5.98. The second kappa shape index (κ2) is 5.97. The van der Waals surface area contributed by atoms with Crippen LogP contribution in [0.25, 0.3) is 5.69 Å². The smallest absolute Gasteiger partial charge is 0.358 e. The maximum Gasteiger partial charge on any atom is 0.358 e. The van der Waals surface area contributed by atoms with Crippen LogP contribution in [0.1, 0.15) is 27.3 Å². The Morgan fingerprint density at radius 3 is 2.88 bits per heavy atom. The number of aromatic carboxylic acids is 1. The fourth-order valence-corrected chi connectivity index (χ4v) is 3.19. The molecule has 126 valence electrons. The van der Waals surface area contributed by atoms with E-state index < -0.39 is 5.97 Å². The number of carbonyl (C=O) groups is 1. The predicted molar refractivity (Wildman–Crippen MR) is 89.8 cm³/mol. The molecule has 4 rings (SSSR count). The van der Waals surface area contributed by atoms with Crippen molar-refractivity contribution in [1.82, 2.24) is 25.0 Å². The van der Waals surface area contributed by atoms with Crippen LogP contribution in [0.3, 0.4) is 0 Å². The van der Waals surface area contributed by atoms with Crippen molar-refractivity contribution in [2.75, 3.05) is 11.4 Å². The zero-order valence-corrected chi connectivity index (χ0v) is 13.6. The predicted octanol–water partition coefficient (Wildman–Crippen LogP) is 1.63. The molecule has 0 aliphatic carbocycles. The molecule has 0 bridgehead atoms. The largest absolute Gasteiger partial charge is 0.476 e. The Balaban J connectivity index is 1.72. The van der Waals surface area contributed by atoms with Gasteiger partial charge in [0.2, 0.25) is 0 Å². The van der Waals surface area contributed by atoms with Crippen molar-refractivity contribution < 1.29 is 9.90 Å². The zero-order chi connectivity index (χ0) is 17.4. The van der Waals surface area contributed by atoms with Crippen molar-refractivity contribution in [1.29, 1.82) is 0 Å². The lowest BCUT2D eigenvalue weighted by atomic mass is 9.97. The van der Waals surface area contributed by atoms with Crippen molar-refractivity contribution in [2.45, 2.75) is 19.9 Å². The van der Waals surface area contributed by atoms with E-state index in [1.54, 1.807) is 30.2 Å². The van der Waals surface area contributed by atoms with Crippen LogP contribution in [0, 0.1) is 6.92 Å². The number of carboxylic acid groups (broad SMARTS) is 1. The van der Waals surface area contributed by atoms with E-state index in [-0.39, 0.29) is 5.69 Å². The molecule has 3 heterocycles. The molecule has 3 aromatic rings. The molecular formula is C17H16N6O2. The maximum atomic E-state index is 11.2. The third kappa shape index (κ3) is 2.61. The van der Waals surface area contributed by atoms with Gasteiger partial charge in [0, 0.05) is 25.5 Å². The number of fused-ring (bicyclic) bond motifs is 1. The molecule has 0 radical (unpaired) electrons. The highest BCUT2D eigenvalue weighted by molar-refractivity contribution is 5.86. The molecule has 0 saturated carbocycles. The van der Waals surface area contributed by atoms with Crippen molar-refractivity contribution in [3.8, 4) is 5.69 Å². The topological polar surface area (TPSA) is 97.0 Å². The minimum Gasteiger partial charge on any atom is -0.476 e. The molecule has 0 unspecified atom stereocenters. The number of aromatic nitrogens is 5. The molecule has 1 N–H and O–H groups in total. The molecule has 8 nitrogen and oxygen atoms in total. The van der Waals surface area contributed by atoms with Gasteiger partial charge in [0.05, 0.1) is 17.6 Å². The Kier molecular flexibility index (Phi) is 3.64. The molecule has 0 saturated heterocycles. The number of carboxylic acids is 1. The third-order valence-electron chi connectivity index (χ3n) is 4.44. The van der Waals surface area contributed by atoms with Gasteiger partial charge in [0.15, 0.2) is 5.69 Å². The highest BCUT2D eigenvalue weighted by atomic mass is 16.4. The van der Waals surface area contributed by atoms with Gasteiger partial charge in [0.25, 0.3) is 0 Å². The SMILES string of the molecule is Cc1c(C(=O)O)nnn1-c1cccc2c1CCN(c1cnccn1)C2. The monoisotopic (exact) mass is 336 g/mol. The molecule has 8 heteroatoms. The molecule has 0 amide bonds. The summed E-state index contributed by atoms with van der Waals surface area (Å²) in [5.74, 6) is -0.217. The van der Waals surface area contributed by atoms with E-state index in [2.05, 4.69) is 31.2 Å². The van der Waals surface area contributed by atoms with E-state index in [1.807, 2.05) is 12.1 Å². The normalized spacial score (nSPS) is 13.6. The van der Waals surface area contributed by atoms with E-state index in [0.29, 0.717) is 5.69 Å². The first kappa shape index (κ1) is 15.3. The highest BCUT2D eigenvalue weighted by Crippen LogP contribution is 2.27. The van der Waals surface area contributed by atoms with Gasteiger partial charge in [-0.3, -0.25) is 4.98 Å². The molecule has 0 fully saturated rings. The van der Waals surface area contributed by atoms with Crippen LogP contribution in [-0.2, 0) is 13.0 Å². The average molecular weight is 336 g/mol. The first-order valence-electron chi connectivity index (χ1n) is 7.93. The number of rotatable bonds is 3. The first-order chi connectivity index (χ1) is 12.1. The van der Waals surface area contributed by atoms with Gasteiger partial charge in [-0.15, -0.1) is 5.10 Å². The van der Waals surface area contributed by atoms with Gasteiger partial charge in [-0.1, -0.05) is 17.3 Å². The number of nitrogens with zero attached hydrogens (tertiary/aromatic N) is 6. The summed E-state index contributed by atoms with van der Waals surface area (Å²) in [7, 11) is 0. The van der Waals surface area contributed by atoms with Crippen LogP contribution in [0.2, 0.25) is 0 Å². The molecule has 1 aliphatic heterocycles. The van der Waals surface area contributed by atoms with Crippen molar-refractivity contribution in [3.63, 3.8) is 0 Å². The van der Waals surface area contributed by atoms with Crippen LogP contribution in [0.5, 0.6) is 0 Å².